The van der Waals surface area contributed by atoms with Crippen molar-refractivity contribution in [3.05, 3.63) is 65.4 Å². The number of ether oxygens (including phenoxy) is 1. The first kappa shape index (κ1) is 14.3. The first-order valence-electron chi connectivity index (χ1n) is 7.50. The Labute approximate surface area is 138 Å². The number of aromatic nitrogens is 2. The van der Waals surface area contributed by atoms with Crippen molar-refractivity contribution in [2.75, 3.05) is 7.11 Å². The minimum absolute atomic E-state index is 0.184. The lowest BCUT2D eigenvalue weighted by Crippen LogP contribution is -2.21. The molecule has 2 aromatic carbocycles. The van der Waals surface area contributed by atoms with Crippen LogP contribution in [0.25, 0.3) is 11.3 Å². The molecule has 0 aliphatic carbocycles. The molecule has 0 fully saturated rings. The zero-order chi connectivity index (χ0) is 16.7. The minimum Gasteiger partial charge on any atom is -0.508 e. The van der Waals surface area contributed by atoms with Crippen LogP contribution >= 0.6 is 0 Å². The Morgan fingerprint density at radius 2 is 1.96 bits per heavy atom. The first-order chi connectivity index (χ1) is 11.7. The molecule has 24 heavy (non-hydrogen) atoms. The maximum Gasteiger partial charge on any atom is 0.270 e. The number of nitrogens with zero attached hydrogens (tertiary/aromatic N) is 1. The van der Waals surface area contributed by atoms with E-state index in [1.54, 1.807) is 31.4 Å². The molecule has 1 aliphatic rings. The molecule has 0 bridgehead atoms. The average molecular weight is 321 g/mol. The Balaban J connectivity index is 1.84. The molecule has 1 atom stereocenters. The van der Waals surface area contributed by atoms with E-state index in [0.717, 1.165) is 22.4 Å². The Morgan fingerprint density at radius 1 is 1.17 bits per heavy atom. The van der Waals surface area contributed by atoms with Crippen LogP contribution in [0.4, 0.5) is 0 Å². The molecular formula is C18H15N3O3. The third-order valence-electron chi connectivity index (χ3n) is 4.16. The Hall–Kier alpha value is -3.28. The highest BCUT2D eigenvalue weighted by Crippen LogP contribution is 2.37. The summed E-state index contributed by atoms with van der Waals surface area (Å²) in [6.45, 7) is 0. The number of amides is 1. The van der Waals surface area contributed by atoms with Gasteiger partial charge in [0, 0.05) is 11.1 Å². The summed E-state index contributed by atoms with van der Waals surface area (Å²) < 4.78 is 5.27. The summed E-state index contributed by atoms with van der Waals surface area (Å²) in [5, 5.41) is 19.6. The van der Waals surface area contributed by atoms with Crippen molar-refractivity contribution >= 4 is 5.91 Å². The predicted molar refractivity (Wildman–Crippen MR) is 88.0 cm³/mol. The van der Waals surface area contributed by atoms with E-state index in [2.05, 4.69) is 15.5 Å². The molecule has 0 saturated heterocycles. The van der Waals surface area contributed by atoms with Gasteiger partial charge in [-0.15, -0.1) is 0 Å². The second kappa shape index (κ2) is 5.42. The van der Waals surface area contributed by atoms with Gasteiger partial charge in [0.1, 0.15) is 17.2 Å². The zero-order valence-electron chi connectivity index (χ0n) is 12.9. The van der Waals surface area contributed by atoms with E-state index in [-0.39, 0.29) is 17.7 Å². The highest BCUT2D eigenvalue weighted by atomic mass is 16.5. The van der Waals surface area contributed by atoms with Crippen molar-refractivity contribution in [3.63, 3.8) is 0 Å². The largest absolute Gasteiger partial charge is 0.508 e. The van der Waals surface area contributed by atoms with Crippen LogP contribution in [0.2, 0.25) is 0 Å². The molecule has 3 aromatic rings. The summed E-state index contributed by atoms with van der Waals surface area (Å²) in [6, 6.07) is 14.0. The number of hydrogen-bond donors (Lipinski definition) is 3. The molecule has 0 spiro atoms. The van der Waals surface area contributed by atoms with E-state index in [1.165, 1.54) is 0 Å². The number of carbonyl (C=O) groups is 1. The molecule has 1 aliphatic heterocycles. The van der Waals surface area contributed by atoms with Gasteiger partial charge in [0.2, 0.25) is 0 Å². The molecule has 1 aromatic heterocycles. The van der Waals surface area contributed by atoms with E-state index >= 15 is 0 Å². The Morgan fingerprint density at radius 3 is 2.71 bits per heavy atom. The lowest BCUT2D eigenvalue weighted by molar-refractivity contribution is 0.0955. The Bertz CT molecular complexity index is 916. The molecule has 3 N–H and O–H groups in total. The molecule has 0 saturated carbocycles. The van der Waals surface area contributed by atoms with E-state index in [0.29, 0.717) is 11.4 Å². The summed E-state index contributed by atoms with van der Waals surface area (Å²) in [7, 11) is 1.61. The molecule has 120 valence electrons. The smallest absolute Gasteiger partial charge is 0.270 e. The van der Waals surface area contributed by atoms with Crippen LogP contribution in [0.15, 0.2) is 48.5 Å². The van der Waals surface area contributed by atoms with Crippen LogP contribution in [-0.2, 0) is 0 Å². The van der Waals surface area contributed by atoms with Gasteiger partial charge in [0.15, 0.2) is 0 Å². The van der Waals surface area contributed by atoms with Crippen LogP contribution in [-0.4, -0.2) is 28.3 Å². The van der Waals surface area contributed by atoms with Crippen LogP contribution in [0.3, 0.4) is 0 Å². The second-order valence-electron chi connectivity index (χ2n) is 5.59. The van der Waals surface area contributed by atoms with Crippen LogP contribution in [0.5, 0.6) is 11.5 Å². The molecule has 4 rings (SSSR count). The fourth-order valence-corrected chi connectivity index (χ4v) is 2.99. The molecule has 6 heteroatoms. The fourth-order valence-electron chi connectivity index (χ4n) is 2.99. The third-order valence-corrected chi connectivity index (χ3v) is 4.16. The lowest BCUT2D eigenvalue weighted by Gasteiger charge is -2.13. The van der Waals surface area contributed by atoms with Crippen LogP contribution in [0, 0.1) is 0 Å². The number of H-pyrrole nitrogens is 1. The number of nitrogens with one attached hydrogen (secondary N) is 2. The quantitative estimate of drug-likeness (QED) is 0.692. The predicted octanol–water partition coefficient (Wildman–Crippen LogP) is 2.62. The fraction of sp³-hybridized carbons (Fsp3) is 0.111. The van der Waals surface area contributed by atoms with Gasteiger partial charge < -0.3 is 15.2 Å². The first-order valence-corrected chi connectivity index (χ1v) is 7.50. The summed E-state index contributed by atoms with van der Waals surface area (Å²) in [4.78, 5) is 12.2. The normalized spacial score (nSPS) is 15.9. The van der Waals surface area contributed by atoms with Crippen molar-refractivity contribution < 1.29 is 14.6 Å². The summed E-state index contributed by atoms with van der Waals surface area (Å²) in [5.74, 6) is 0.718. The molecule has 6 nitrogen and oxygen atoms in total. The number of hydrogen-bond acceptors (Lipinski definition) is 4. The van der Waals surface area contributed by atoms with E-state index in [4.69, 9.17) is 4.74 Å². The molecule has 1 amide bonds. The number of rotatable bonds is 3. The van der Waals surface area contributed by atoms with Crippen molar-refractivity contribution in [2.24, 2.45) is 0 Å². The van der Waals surface area contributed by atoms with Gasteiger partial charge in [-0.3, -0.25) is 9.89 Å². The lowest BCUT2D eigenvalue weighted by atomic mass is 9.96. The topological polar surface area (TPSA) is 87.2 Å². The second-order valence-corrected chi connectivity index (χ2v) is 5.59. The Kier molecular flexibility index (Phi) is 3.23. The number of aromatic amines is 1. The van der Waals surface area contributed by atoms with Crippen LogP contribution < -0.4 is 10.1 Å². The molecular weight excluding hydrogens is 306 g/mol. The third kappa shape index (κ3) is 2.20. The number of benzene rings is 2. The number of phenolic OH excluding ortho intramolecular Hbond substituents is 1. The maximum absolute atomic E-state index is 12.2. The van der Waals surface area contributed by atoms with Gasteiger partial charge in [0.05, 0.1) is 18.8 Å². The number of methoxy groups -OCH3 is 1. The van der Waals surface area contributed by atoms with Crippen molar-refractivity contribution in [1.29, 1.82) is 0 Å². The highest BCUT2D eigenvalue weighted by molar-refractivity contribution is 6.00. The van der Waals surface area contributed by atoms with E-state index in [1.807, 2.05) is 24.3 Å². The van der Waals surface area contributed by atoms with Gasteiger partial charge in [-0.1, -0.05) is 24.3 Å². The number of carbonyl (C=O) groups excluding carboxylic acids is 1. The minimum atomic E-state index is -0.312. The number of fused-ring (bicyclic) bond motifs is 1. The summed E-state index contributed by atoms with van der Waals surface area (Å²) in [5.41, 5.74) is 3.72. The van der Waals surface area contributed by atoms with Gasteiger partial charge in [-0.2, -0.15) is 5.10 Å². The average Bonchev–Trinajstić information content (AvgIpc) is 3.17. The van der Waals surface area contributed by atoms with Crippen molar-refractivity contribution in [2.45, 2.75) is 6.04 Å². The van der Waals surface area contributed by atoms with Crippen molar-refractivity contribution in [1.82, 2.24) is 15.5 Å². The van der Waals surface area contributed by atoms with Gasteiger partial charge in [-0.05, 0) is 29.8 Å². The van der Waals surface area contributed by atoms with Crippen molar-refractivity contribution in [3.8, 4) is 22.8 Å². The molecule has 0 radical (unpaired) electrons. The van der Waals surface area contributed by atoms with Gasteiger partial charge in [-0.25, -0.2) is 0 Å². The van der Waals surface area contributed by atoms with Gasteiger partial charge in [0.25, 0.3) is 5.91 Å². The highest BCUT2D eigenvalue weighted by Gasteiger charge is 2.35. The van der Waals surface area contributed by atoms with Gasteiger partial charge >= 0.3 is 0 Å². The molecule has 0 unspecified atom stereocenters. The van der Waals surface area contributed by atoms with E-state index < -0.39 is 0 Å². The number of aromatic hydroxyl groups is 1. The summed E-state index contributed by atoms with van der Waals surface area (Å²) >= 11 is 0. The van der Waals surface area contributed by atoms with E-state index in [9.17, 15) is 9.90 Å². The zero-order valence-corrected chi connectivity index (χ0v) is 12.9. The number of phenols is 1. The monoisotopic (exact) mass is 321 g/mol. The molecule has 2 heterocycles. The SMILES string of the molecule is COc1cccc(-c2n[nH]c3c2[C@@H](c2ccc(O)cc2)NC3=O)c1. The summed E-state index contributed by atoms with van der Waals surface area (Å²) in [6.07, 6.45) is 0. The standard InChI is InChI=1S/C18H15N3O3/c1-24-13-4-2-3-11(9-13)16-14-15(10-5-7-12(22)8-6-10)19-18(23)17(14)21-20-16/h2-9,15,22H,1H3,(H,19,23)(H,20,21)/t15-/m1/s1. The maximum atomic E-state index is 12.2. The van der Waals surface area contributed by atoms with Crippen LogP contribution in [0.1, 0.15) is 27.7 Å².